The molecule has 0 aliphatic carbocycles. The van der Waals surface area contributed by atoms with E-state index in [1.165, 1.54) is 11.0 Å². The van der Waals surface area contributed by atoms with Crippen LogP contribution in [0.15, 0.2) is 24.3 Å². The van der Waals surface area contributed by atoms with Crippen LogP contribution in [-0.4, -0.2) is 33.7 Å². The molecule has 0 saturated heterocycles. The second-order valence-electron chi connectivity index (χ2n) is 4.01. The molecule has 0 aliphatic heterocycles. The largest absolute Gasteiger partial charge is 0.478 e. The fraction of sp³-hybridized carbons (Fsp3) is 0.462. The number of hydrogen-bond donors (Lipinski definition) is 3. The van der Waals surface area contributed by atoms with Crippen molar-refractivity contribution in [2.75, 3.05) is 4.90 Å². The number of para-hydroxylation sites is 1. The van der Waals surface area contributed by atoms with Crippen molar-refractivity contribution in [3.05, 3.63) is 29.8 Å². The molecule has 1 aromatic carbocycles. The maximum absolute atomic E-state index is 11.2. The normalized spacial score (nSPS) is 14.0. The smallest absolute Gasteiger partial charge is 0.337 e. The number of aromatic carboxylic acids is 1. The Morgan fingerprint density at radius 2 is 1.67 bits per heavy atom. The molecule has 0 saturated carbocycles. The average molecular weight is 253 g/mol. The number of aliphatic hydroxyl groups excluding tert-OH is 2. The van der Waals surface area contributed by atoms with E-state index < -0.39 is 18.4 Å². The van der Waals surface area contributed by atoms with Gasteiger partial charge in [0, 0.05) is 0 Å². The SMILES string of the molecule is CCC(O)N(c1ccccc1C(=O)O)C(O)CC. The predicted molar refractivity (Wildman–Crippen MR) is 68.5 cm³/mol. The highest BCUT2D eigenvalue weighted by Crippen LogP contribution is 2.25. The molecule has 0 bridgehead atoms. The Bertz CT molecular complexity index is 398. The molecule has 0 aliphatic rings. The molecule has 1 aromatic rings. The first-order chi connectivity index (χ1) is 8.52. The molecule has 100 valence electrons. The molecule has 0 fully saturated rings. The number of carbonyl (C=O) groups is 1. The Morgan fingerprint density at radius 3 is 2.11 bits per heavy atom. The summed E-state index contributed by atoms with van der Waals surface area (Å²) < 4.78 is 0. The minimum absolute atomic E-state index is 0.0671. The summed E-state index contributed by atoms with van der Waals surface area (Å²) in [6.07, 6.45) is -1.04. The number of hydrogen-bond acceptors (Lipinski definition) is 4. The molecule has 1 rings (SSSR count). The molecule has 2 unspecified atom stereocenters. The summed E-state index contributed by atoms with van der Waals surface area (Å²) in [4.78, 5) is 12.5. The van der Waals surface area contributed by atoms with Crippen molar-refractivity contribution in [3.8, 4) is 0 Å². The zero-order chi connectivity index (χ0) is 13.7. The quantitative estimate of drug-likeness (QED) is 0.672. The van der Waals surface area contributed by atoms with E-state index in [4.69, 9.17) is 5.11 Å². The molecular weight excluding hydrogens is 234 g/mol. The Morgan fingerprint density at radius 1 is 1.17 bits per heavy atom. The maximum atomic E-state index is 11.2. The predicted octanol–water partition coefficient (Wildman–Crippen LogP) is 1.65. The van der Waals surface area contributed by atoms with Crippen LogP contribution in [0, 0.1) is 0 Å². The van der Waals surface area contributed by atoms with Crippen LogP contribution in [0.25, 0.3) is 0 Å². The zero-order valence-corrected chi connectivity index (χ0v) is 10.6. The molecule has 5 heteroatoms. The van der Waals surface area contributed by atoms with Crippen molar-refractivity contribution >= 4 is 11.7 Å². The van der Waals surface area contributed by atoms with Crippen LogP contribution >= 0.6 is 0 Å². The van der Waals surface area contributed by atoms with Crippen molar-refractivity contribution < 1.29 is 20.1 Å². The van der Waals surface area contributed by atoms with E-state index in [1.54, 1.807) is 32.0 Å². The monoisotopic (exact) mass is 253 g/mol. The van der Waals surface area contributed by atoms with Crippen LogP contribution in [0.3, 0.4) is 0 Å². The third-order valence-electron chi connectivity index (χ3n) is 2.79. The fourth-order valence-corrected chi connectivity index (χ4v) is 1.79. The number of anilines is 1. The second kappa shape index (κ2) is 6.37. The Labute approximate surface area is 106 Å². The minimum atomic E-state index is -1.08. The molecule has 2 atom stereocenters. The van der Waals surface area contributed by atoms with Crippen LogP contribution in [0.2, 0.25) is 0 Å². The number of carboxylic acids is 1. The summed E-state index contributed by atoms with van der Waals surface area (Å²) in [6.45, 7) is 3.53. The summed E-state index contributed by atoms with van der Waals surface area (Å²) in [5.74, 6) is -1.08. The highest BCUT2D eigenvalue weighted by atomic mass is 16.4. The van der Waals surface area contributed by atoms with Gasteiger partial charge >= 0.3 is 5.97 Å². The van der Waals surface area contributed by atoms with E-state index in [-0.39, 0.29) is 5.56 Å². The van der Waals surface area contributed by atoms with E-state index in [9.17, 15) is 15.0 Å². The van der Waals surface area contributed by atoms with Gasteiger partial charge in [-0.3, -0.25) is 0 Å². The molecule has 18 heavy (non-hydrogen) atoms. The molecule has 3 N–H and O–H groups in total. The third kappa shape index (κ3) is 3.00. The van der Waals surface area contributed by atoms with E-state index in [2.05, 4.69) is 0 Å². The van der Waals surface area contributed by atoms with Crippen molar-refractivity contribution in [3.63, 3.8) is 0 Å². The number of nitrogens with zero attached hydrogens (tertiary/aromatic N) is 1. The molecule has 0 heterocycles. The highest BCUT2D eigenvalue weighted by molar-refractivity contribution is 5.94. The lowest BCUT2D eigenvalue weighted by atomic mass is 10.1. The van der Waals surface area contributed by atoms with Crippen LogP contribution < -0.4 is 4.90 Å². The summed E-state index contributed by atoms with van der Waals surface area (Å²) in [7, 11) is 0. The van der Waals surface area contributed by atoms with Gasteiger partial charge in [-0.2, -0.15) is 0 Å². The van der Waals surface area contributed by atoms with Crippen LogP contribution in [0.1, 0.15) is 37.0 Å². The van der Waals surface area contributed by atoms with Crippen LogP contribution in [-0.2, 0) is 0 Å². The molecule has 0 radical (unpaired) electrons. The lowest BCUT2D eigenvalue weighted by molar-refractivity contribution is 0.0686. The van der Waals surface area contributed by atoms with Gasteiger partial charge in [0.15, 0.2) is 0 Å². The van der Waals surface area contributed by atoms with Gasteiger partial charge in [0.1, 0.15) is 12.5 Å². The van der Waals surface area contributed by atoms with Gasteiger partial charge in [-0.05, 0) is 25.0 Å². The van der Waals surface area contributed by atoms with Gasteiger partial charge in [-0.15, -0.1) is 0 Å². The maximum Gasteiger partial charge on any atom is 0.337 e. The number of aliphatic hydroxyl groups is 2. The lowest BCUT2D eigenvalue weighted by Crippen LogP contribution is -2.43. The van der Waals surface area contributed by atoms with Crippen molar-refractivity contribution in [2.45, 2.75) is 39.1 Å². The topological polar surface area (TPSA) is 81.0 Å². The standard InChI is InChI=1S/C13H19NO4/c1-3-11(15)14(12(16)4-2)10-8-6-5-7-9(10)13(17)18/h5-8,11-12,15-16H,3-4H2,1-2H3,(H,17,18). The van der Waals surface area contributed by atoms with E-state index in [1.807, 2.05) is 0 Å². The second-order valence-corrected chi connectivity index (χ2v) is 4.01. The van der Waals surface area contributed by atoms with E-state index in [0.29, 0.717) is 18.5 Å². The van der Waals surface area contributed by atoms with Gasteiger partial charge < -0.3 is 20.2 Å². The Balaban J connectivity index is 3.24. The van der Waals surface area contributed by atoms with Crippen molar-refractivity contribution in [1.29, 1.82) is 0 Å². The zero-order valence-electron chi connectivity index (χ0n) is 10.6. The summed E-state index contributed by atoms with van der Waals surface area (Å²) in [6, 6.07) is 6.33. The van der Waals surface area contributed by atoms with Crippen molar-refractivity contribution in [2.24, 2.45) is 0 Å². The van der Waals surface area contributed by atoms with Crippen molar-refractivity contribution in [1.82, 2.24) is 0 Å². The summed E-state index contributed by atoms with van der Waals surface area (Å²) in [5, 5.41) is 29.0. The van der Waals surface area contributed by atoms with Crippen LogP contribution in [0.4, 0.5) is 5.69 Å². The van der Waals surface area contributed by atoms with Gasteiger partial charge in [-0.25, -0.2) is 4.79 Å². The van der Waals surface area contributed by atoms with Gasteiger partial charge in [0.25, 0.3) is 0 Å². The van der Waals surface area contributed by atoms with E-state index in [0.717, 1.165) is 0 Å². The first kappa shape index (κ1) is 14.5. The third-order valence-corrected chi connectivity index (χ3v) is 2.79. The molecule has 0 amide bonds. The number of benzene rings is 1. The first-order valence-corrected chi connectivity index (χ1v) is 5.99. The highest BCUT2D eigenvalue weighted by Gasteiger charge is 2.25. The van der Waals surface area contributed by atoms with Crippen LogP contribution in [0.5, 0.6) is 0 Å². The molecular formula is C13H19NO4. The fourth-order valence-electron chi connectivity index (χ4n) is 1.79. The molecule has 0 aromatic heterocycles. The summed E-state index contributed by atoms with van der Waals surface area (Å²) in [5.41, 5.74) is 0.395. The van der Waals surface area contributed by atoms with Gasteiger partial charge in [0.05, 0.1) is 11.3 Å². The average Bonchev–Trinajstić information content (AvgIpc) is 2.38. The Kier molecular flexibility index (Phi) is 5.12. The number of carboxylic acid groups (broad SMARTS) is 1. The lowest BCUT2D eigenvalue weighted by Gasteiger charge is -2.34. The van der Waals surface area contributed by atoms with E-state index >= 15 is 0 Å². The minimum Gasteiger partial charge on any atom is -0.478 e. The Hall–Kier alpha value is -1.59. The molecule has 0 spiro atoms. The number of rotatable bonds is 6. The van der Waals surface area contributed by atoms with Gasteiger partial charge in [-0.1, -0.05) is 26.0 Å². The van der Waals surface area contributed by atoms with Gasteiger partial charge in [0.2, 0.25) is 0 Å². The first-order valence-electron chi connectivity index (χ1n) is 5.99. The summed E-state index contributed by atoms with van der Waals surface area (Å²) >= 11 is 0. The molecule has 5 nitrogen and oxygen atoms in total.